The van der Waals surface area contributed by atoms with Gasteiger partial charge in [-0.2, -0.15) is 0 Å². The summed E-state index contributed by atoms with van der Waals surface area (Å²) in [6, 6.07) is 8.24. The van der Waals surface area contributed by atoms with E-state index in [4.69, 9.17) is 14.6 Å². The van der Waals surface area contributed by atoms with E-state index in [0.29, 0.717) is 23.7 Å². The van der Waals surface area contributed by atoms with Crippen LogP contribution in [0.4, 0.5) is 0 Å². The van der Waals surface area contributed by atoms with Crippen molar-refractivity contribution < 1.29 is 24.2 Å². The van der Waals surface area contributed by atoms with Gasteiger partial charge < -0.3 is 19.9 Å². The fourth-order valence-corrected chi connectivity index (χ4v) is 2.79. The maximum absolute atomic E-state index is 12.4. The van der Waals surface area contributed by atoms with Crippen molar-refractivity contribution in [3.63, 3.8) is 0 Å². The molecule has 24 heavy (non-hydrogen) atoms. The second kappa shape index (κ2) is 8.35. The Labute approximate surface area is 144 Å². The zero-order valence-corrected chi connectivity index (χ0v) is 14.3. The van der Waals surface area contributed by atoms with Crippen LogP contribution in [0, 0.1) is 0 Å². The molecule has 6 nitrogen and oxygen atoms in total. The summed E-state index contributed by atoms with van der Waals surface area (Å²) in [5.41, 5.74) is 0.416. The van der Waals surface area contributed by atoms with Gasteiger partial charge in [0.1, 0.15) is 16.4 Å². The molecule has 0 aliphatic carbocycles. The van der Waals surface area contributed by atoms with E-state index in [1.54, 1.807) is 31.4 Å². The number of hydrogen-bond acceptors (Lipinski definition) is 5. The van der Waals surface area contributed by atoms with Gasteiger partial charge in [-0.15, -0.1) is 11.3 Å². The van der Waals surface area contributed by atoms with Crippen LogP contribution in [-0.2, 0) is 6.54 Å². The molecule has 1 aromatic carbocycles. The first-order valence-corrected chi connectivity index (χ1v) is 8.27. The van der Waals surface area contributed by atoms with E-state index in [9.17, 15) is 9.59 Å². The van der Waals surface area contributed by atoms with Crippen molar-refractivity contribution >= 4 is 23.2 Å². The average Bonchev–Trinajstić information content (AvgIpc) is 3.07. The van der Waals surface area contributed by atoms with Gasteiger partial charge in [-0.05, 0) is 30.7 Å². The Kier molecular flexibility index (Phi) is 6.20. The van der Waals surface area contributed by atoms with Crippen LogP contribution in [0.3, 0.4) is 0 Å². The largest absolute Gasteiger partial charge is 0.497 e. The molecule has 1 heterocycles. The summed E-state index contributed by atoms with van der Waals surface area (Å²) in [6.07, 6.45) is 0.825. The summed E-state index contributed by atoms with van der Waals surface area (Å²) in [6.45, 7) is 2.74. The maximum atomic E-state index is 12.4. The predicted octanol–water partition coefficient (Wildman–Crippen LogP) is 3.17. The highest BCUT2D eigenvalue weighted by Crippen LogP contribution is 2.25. The number of carbonyl (C=O) groups is 2. The van der Waals surface area contributed by atoms with E-state index in [1.165, 1.54) is 6.07 Å². The third-order valence-corrected chi connectivity index (χ3v) is 4.26. The number of rotatable bonds is 8. The molecule has 0 spiro atoms. The van der Waals surface area contributed by atoms with Crippen molar-refractivity contribution in [2.45, 2.75) is 19.9 Å². The lowest BCUT2D eigenvalue weighted by molar-refractivity contribution is 0.0702. The molecular weight excluding hydrogens is 330 g/mol. The van der Waals surface area contributed by atoms with E-state index in [1.807, 2.05) is 6.92 Å². The Bertz CT molecular complexity index is 726. The topological polar surface area (TPSA) is 84.9 Å². The summed E-state index contributed by atoms with van der Waals surface area (Å²) < 4.78 is 10.8. The van der Waals surface area contributed by atoms with Gasteiger partial charge in [-0.1, -0.05) is 6.92 Å². The Morgan fingerprint density at radius 2 is 2.04 bits per heavy atom. The predicted molar refractivity (Wildman–Crippen MR) is 91.2 cm³/mol. The van der Waals surface area contributed by atoms with Crippen molar-refractivity contribution in [3.05, 3.63) is 45.6 Å². The maximum Gasteiger partial charge on any atom is 0.345 e. The van der Waals surface area contributed by atoms with E-state index in [-0.39, 0.29) is 17.3 Å². The minimum atomic E-state index is -0.969. The summed E-state index contributed by atoms with van der Waals surface area (Å²) >= 11 is 1.14. The van der Waals surface area contributed by atoms with Crippen LogP contribution in [0.2, 0.25) is 0 Å². The summed E-state index contributed by atoms with van der Waals surface area (Å²) in [5, 5.41) is 11.7. The lowest BCUT2D eigenvalue weighted by Crippen LogP contribution is -2.23. The standard InChI is InChI=1S/C17H19NO5S/c1-3-8-23-14-9-11(22-2)4-6-13(14)16(19)18-10-12-5-7-15(24-12)17(20)21/h4-7,9H,3,8,10H2,1-2H3,(H,18,19)(H,20,21). The number of aromatic carboxylic acids is 1. The van der Waals surface area contributed by atoms with Gasteiger partial charge in [-0.3, -0.25) is 4.79 Å². The van der Waals surface area contributed by atoms with Gasteiger partial charge in [-0.25, -0.2) is 4.79 Å². The number of carboxylic acid groups (broad SMARTS) is 1. The van der Waals surface area contributed by atoms with Crippen molar-refractivity contribution in [3.8, 4) is 11.5 Å². The second-order valence-corrected chi connectivity index (χ2v) is 6.13. The Balaban J connectivity index is 2.08. The SMILES string of the molecule is CCCOc1cc(OC)ccc1C(=O)NCc1ccc(C(=O)O)s1. The zero-order chi connectivity index (χ0) is 17.5. The number of benzene rings is 1. The lowest BCUT2D eigenvalue weighted by atomic mass is 10.1. The van der Waals surface area contributed by atoms with Crippen LogP contribution in [0.15, 0.2) is 30.3 Å². The second-order valence-electron chi connectivity index (χ2n) is 4.96. The van der Waals surface area contributed by atoms with Crippen molar-refractivity contribution in [1.82, 2.24) is 5.32 Å². The fraction of sp³-hybridized carbons (Fsp3) is 0.294. The van der Waals surface area contributed by atoms with Gasteiger partial charge in [0.05, 0.1) is 25.8 Å². The number of amides is 1. The van der Waals surface area contributed by atoms with Crippen molar-refractivity contribution in [2.24, 2.45) is 0 Å². The molecule has 2 N–H and O–H groups in total. The van der Waals surface area contributed by atoms with E-state index in [2.05, 4.69) is 5.32 Å². The quantitative estimate of drug-likeness (QED) is 0.765. The minimum absolute atomic E-state index is 0.246. The van der Waals surface area contributed by atoms with Gasteiger partial charge in [0, 0.05) is 10.9 Å². The molecule has 1 amide bonds. The first-order chi connectivity index (χ1) is 11.5. The number of methoxy groups -OCH3 is 1. The van der Waals surface area contributed by atoms with Crippen molar-refractivity contribution in [2.75, 3.05) is 13.7 Å². The van der Waals surface area contributed by atoms with Crippen LogP contribution in [0.1, 0.15) is 38.3 Å². The Hall–Kier alpha value is -2.54. The molecule has 0 saturated heterocycles. The molecule has 0 unspecified atom stereocenters. The van der Waals surface area contributed by atoms with Gasteiger partial charge in [0.25, 0.3) is 5.91 Å². The number of ether oxygens (including phenoxy) is 2. The molecule has 0 aliphatic heterocycles. The molecule has 2 aromatic rings. The summed E-state index contributed by atoms with van der Waals surface area (Å²) in [4.78, 5) is 24.3. The molecule has 0 radical (unpaired) electrons. The number of hydrogen-bond donors (Lipinski definition) is 2. The van der Waals surface area contributed by atoms with E-state index in [0.717, 1.165) is 22.6 Å². The van der Waals surface area contributed by atoms with Crippen LogP contribution >= 0.6 is 11.3 Å². The van der Waals surface area contributed by atoms with Crippen LogP contribution in [0.25, 0.3) is 0 Å². The molecule has 0 atom stereocenters. The summed E-state index contributed by atoms with van der Waals surface area (Å²) in [7, 11) is 1.55. The molecule has 0 aliphatic rings. The van der Waals surface area contributed by atoms with E-state index < -0.39 is 5.97 Å². The van der Waals surface area contributed by atoms with E-state index >= 15 is 0 Å². The Morgan fingerprint density at radius 1 is 1.25 bits per heavy atom. The first kappa shape index (κ1) is 17.8. The monoisotopic (exact) mass is 349 g/mol. The normalized spacial score (nSPS) is 10.2. The first-order valence-electron chi connectivity index (χ1n) is 7.46. The molecule has 7 heteroatoms. The van der Waals surface area contributed by atoms with Gasteiger partial charge in [0.15, 0.2) is 0 Å². The zero-order valence-electron chi connectivity index (χ0n) is 13.5. The lowest BCUT2D eigenvalue weighted by Gasteiger charge is -2.12. The van der Waals surface area contributed by atoms with Gasteiger partial charge >= 0.3 is 5.97 Å². The number of carboxylic acids is 1. The smallest absolute Gasteiger partial charge is 0.345 e. The molecular formula is C17H19NO5S. The van der Waals surface area contributed by atoms with Crippen LogP contribution < -0.4 is 14.8 Å². The molecule has 0 saturated carbocycles. The highest BCUT2D eigenvalue weighted by Gasteiger charge is 2.14. The Morgan fingerprint density at radius 3 is 2.67 bits per heavy atom. The van der Waals surface area contributed by atoms with Crippen LogP contribution in [-0.4, -0.2) is 30.7 Å². The molecule has 0 bridgehead atoms. The molecule has 0 fully saturated rings. The fourth-order valence-electron chi connectivity index (χ4n) is 2.00. The highest BCUT2D eigenvalue weighted by molar-refractivity contribution is 7.13. The minimum Gasteiger partial charge on any atom is -0.497 e. The summed E-state index contributed by atoms with van der Waals surface area (Å²) in [5.74, 6) is -0.176. The van der Waals surface area contributed by atoms with Gasteiger partial charge in [0.2, 0.25) is 0 Å². The molecule has 128 valence electrons. The van der Waals surface area contributed by atoms with Crippen molar-refractivity contribution in [1.29, 1.82) is 0 Å². The third-order valence-electron chi connectivity index (χ3n) is 3.19. The average molecular weight is 349 g/mol. The third kappa shape index (κ3) is 4.48. The number of carbonyl (C=O) groups excluding carboxylic acids is 1. The molecule has 1 aromatic heterocycles. The number of thiophene rings is 1. The van der Waals surface area contributed by atoms with Crippen LogP contribution in [0.5, 0.6) is 11.5 Å². The highest BCUT2D eigenvalue weighted by atomic mass is 32.1. The number of nitrogens with one attached hydrogen (secondary N) is 1. The molecule has 2 rings (SSSR count).